The van der Waals surface area contributed by atoms with Crippen LogP contribution in [0.25, 0.3) is 0 Å². The number of rotatable bonds is 6. The summed E-state index contributed by atoms with van der Waals surface area (Å²) in [5.74, 6) is 1.12. The van der Waals surface area contributed by atoms with E-state index in [-0.39, 0.29) is 30.4 Å². The van der Waals surface area contributed by atoms with Gasteiger partial charge in [0, 0.05) is 18.0 Å². The van der Waals surface area contributed by atoms with Crippen LogP contribution in [0.5, 0.6) is 5.75 Å². The van der Waals surface area contributed by atoms with Crippen molar-refractivity contribution in [3.63, 3.8) is 0 Å². The van der Waals surface area contributed by atoms with Crippen molar-refractivity contribution in [2.75, 3.05) is 13.3 Å². The molecule has 2 aromatic rings. The van der Waals surface area contributed by atoms with Crippen LogP contribution in [-0.2, 0) is 32.7 Å². The molecule has 0 N–H and O–H groups in total. The molecular weight excluding hydrogens is 494 g/mol. The number of carbonyl (C=O) groups is 2. The molecule has 3 atom stereocenters. The van der Waals surface area contributed by atoms with Crippen molar-refractivity contribution in [1.29, 1.82) is 0 Å². The first kappa shape index (κ1) is 26.0. The molecule has 0 aromatic heterocycles. The number of fused-ring (bicyclic) bond motifs is 1. The zero-order valence-corrected chi connectivity index (χ0v) is 22.6. The standard InChI is InChI=1S/C32H39NO6/c34-30(36-21-23-9-3-1-4-10-23)33-18-17-32-16-8-7-13-27(32)29(33)19-24-14-15-26(20-28(24)32)37-22-38-31(35)39-25-11-5-2-6-12-25/h1,3-4,9-10,14-15,20,25,27,29H,2,5-8,11-13,16-19,21-22H2/t27-,29+,32+/m1/s1. The van der Waals surface area contributed by atoms with E-state index in [1.54, 1.807) is 0 Å². The molecule has 6 rings (SSSR count). The van der Waals surface area contributed by atoms with Gasteiger partial charge in [0.15, 0.2) is 0 Å². The smallest absolute Gasteiger partial charge is 0.457 e. The molecule has 3 aliphatic carbocycles. The molecule has 2 bridgehead atoms. The molecule has 1 heterocycles. The van der Waals surface area contributed by atoms with E-state index >= 15 is 0 Å². The summed E-state index contributed by atoms with van der Waals surface area (Å²) in [6, 6.07) is 16.2. The molecule has 0 spiro atoms. The third-order valence-corrected chi connectivity index (χ3v) is 9.47. The fourth-order valence-electron chi connectivity index (χ4n) is 7.60. The molecule has 7 heteroatoms. The van der Waals surface area contributed by atoms with Gasteiger partial charge in [0.1, 0.15) is 18.5 Å². The molecule has 208 valence electrons. The number of benzene rings is 2. The van der Waals surface area contributed by atoms with Gasteiger partial charge >= 0.3 is 12.2 Å². The number of amides is 1. The van der Waals surface area contributed by atoms with Crippen molar-refractivity contribution in [3.05, 3.63) is 65.2 Å². The lowest BCUT2D eigenvalue weighted by atomic mass is 9.52. The number of piperidine rings is 1. The molecule has 0 radical (unpaired) electrons. The Morgan fingerprint density at radius 2 is 1.72 bits per heavy atom. The average molecular weight is 534 g/mol. The highest BCUT2D eigenvalue weighted by Crippen LogP contribution is 2.56. The maximum atomic E-state index is 13.2. The van der Waals surface area contributed by atoms with E-state index in [1.165, 1.54) is 30.4 Å². The minimum atomic E-state index is -0.653. The van der Waals surface area contributed by atoms with Gasteiger partial charge in [-0.1, -0.05) is 55.7 Å². The Morgan fingerprint density at radius 1 is 0.897 bits per heavy atom. The van der Waals surface area contributed by atoms with Crippen molar-refractivity contribution in [3.8, 4) is 5.75 Å². The van der Waals surface area contributed by atoms with Gasteiger partial charge in [-0.25, -0.2) is 9.59 Å². The summed E-state index contributed by atoms with van der Waals surface area (Å²) in [7, 11) is 0. The second-order valence-electron chi connectivity index (χ2n) is 11.6. The summed E-state index contributed by atoms with van der Waals surface area (Å²) in [6.07, 6.45) is 10.7. The zero-order valence-electron chi connectivity index (χ0n) is 22.6. The molecule has 3 fully saturated rings. The number of nitrogens with zero attached hydrogens (tertiary/aromatic N) is 1. The van der Waals surface area contributed by atoms with Crippen LogP contribution in [0.3, 0.4) is 0 Å². The predicted molar refractivity (Wildman–Crippen MR) is 145 cm³/mol. The molecule has 7 nitrogen and oxygen atoms in total. The van der Waals surface area contributed by atoms with Crippen molar-refractivity contribution in [2.24, 2.45) is 5.92 Å². The predicted octanol–water partition coefficient (Wildman–Crippen LogP) is 6.90. The van der Waals surface area contributed by atoms with E-state index < -0.39 is 6.16 Å². The van der Waals surface area contributed by atoms with Gasteiger partial charge in [0.05, 0.1) is 0 Å². The normalized spacial score (nSPS) is 26.1. The van der Waals surface area contributed by atoms with Crippen molar-refractivity contribution < 1.29 is 28.5 Å². The number of hydrogen-bond acceptors (Lipinski definition) is 6. The summed E-state index contributed by atoms with van der Waals surface area (Å²) in [4.78, 5) is 27.3. The van der Waals surface area contributed by atoms with Gasteiger partial charge in [-0.2, -0.15) is 0 Å². The highest BCUT2D eigenvalue weighted by Gasteiger charge is 2.55. The van der Waals surface area contributed by atoms with Crippen LogP contribution in [-0.4, -0.2) is 42.6 Å². The third-order valence-electron chi connectivity index (χ3n) is 9.47. The monoisotopic (exact) mass is 533 g/mol. The van der Waals surface area contributed by atoms with Crippen molar-refractivity contribution >= 4 is 12.2 Å². The van der Waals surface area contributed by atoms with Gasteiger partial charge in [0.25, 0.3) is 0 Å². The van der Waals surface area contributed by atoms with E-state index in [9.17, 15) is 9.59 Å². The van der Waals surface area contributed by atoms with Crippen molar-refractivity contribution in [2.45, 2.75) is 94.8 Å². The van der Waals surface area contributed by atoms with Gasteiger partial charge in [0.2, 0.25) is 6.79 Å². The molecule has 0 unspecified atom stereocenters. The lowest BCUT2D eigenvalue weighted by Gasteiger charge is -2.58. The van der Waals surface area contributed by atoms with Crippen LogP contribution >= 0.6 is 0 Å². The maximum Gasteiger partial charge on any atom is 0.511 e. The number of carbonyl (C=O) groups excluding carboxylic acids is 2. The molecule has 4 aliphatic rings. The lowest BCUT2D eigenvalue weighted by molar-refractivity contribution is -0.0235. The SMILES string of the molecule is O=C(OCOc1ccc2c(c1)[C@]13CCCC[C@@H]1[C@H](C2)N(C(=O)OCc1ccccc1)CC3)OC1CCCCC1. The Balaban J connectivity index is 1.12. The highest BCUT2D eigenvalue weighted by atomic mass is 16.8. The van der Waals surface area contributed by atoms with Crippen LogP contribution in [0.4, 0.5) is 9.59 Å². The average Bonchev–Trinajstić information content (AvgIpc) is 2.97. The summed E-state index contributed by atoms with van der Waals surface area (Å²) in [5, 5.41) is 0. The Morgan fingerprint density at radius 3 is 2.56 bits per heavy atom. The van der Waals surface area contributed by atoms with Crippen LogP contribution in [0.2, 0.25) is 0 Å². The fourth-order valence-corrected chi connectivity index (χ4v) is 7.60. The van der Waals surface area contributed by atoms with Crippen LogP contribution in [0, 0.1) is 5.92 Å². The van der Waals surface area contributed by atoms with E-state index in [2.05, 4.69) is 12.1 Å². The molecule has 1 saturated heterocycles. The van der Waals surface area contributed by atoms with E-state index in [0.29, 0.717) is 24.8 Å². The Hall–Kier alpha value is -3.22. The Labute approximate surface area is 230 Å². The van der Waals surface area contributed by atoms with Crippen LogP contribution in [0.15, 0.2) is 48.5 Å². The number of ether oxygens (including phenoxy) is 4. The maximum absolute atomic E-state index is 13.2. The molecular formula is C32H39NO6. The number of hydrogen-bond donors (Lipinski definition) is 0. The second kappa shape index (κ2) is 11.5. The Kier molecular flexibility index (Phi) is 7.67. The summed E-state index contributed by atoms with van der Waals surface area (Å²) >= 11 is 0. The largest absolute Gasteiger partial charge is 0.511 e. The van der Waals surface area contributed by atoms with Gasteiger partial charge in [-0.05, 0) is 86.1 Å². The Bertz CT molecular complexity index is 1160. The first-order chi connectivity index (χ1) is 19.1. The first-order valence-corrected chi connectivity index (χ1v) is 14.7. The summed E-state index contributed by atoms with van der Waals surface area (Å²) in [6.45, 7) is 0.839. The van der Waals surface area contributed by atoms with Gasteiger partial charge in [-0.3, -0.25) is 0 Å². The van der Waals surface area contributed by atoms with E-state index in [4.69, 9.17) is 18.9 Å². The summed E-state index contributed by atoms with van der Waals surface area (Å²) < 4.78 is 22.3. The lowest BCUT2D eigenvalue weighted by Crippen LogP contribution is -2.62. The first-order valence-electron chi connectivity index (χ1n) is 14.7. The second-order valence-corrected chi connectivity index (χ2v) is 11.6. The van der Waals surface area contributed by atoms with E-state index in [1.807, 2.05) is 41.3 Å². The minimum absolute atomic E-state index is 0.0354. The summed E-state index contributed by atoms with van der Waals surface area (Å²) in [5.41, 5.74) is 3.68. The molecule has 2 saturated carbocycles. The minimum Gasteiger partial charge on any atom is -0.457 e. The zero-order chi connectivity index (χ0) is 26.7. The highest BCUT2D eigenvalue weighted by molar-refractivity contribution is 5.69. The number of likely N-dealkylation sites (tertiary alicyclic amines) is 1. The van der Waals surface area contributed by atoms with Gasteiger partial charge in [-0.15, -0.1) is 0 Å². The van der Waals surface area contributed by atoms with E-state index in [0.717, 1.165) is 56.9 Å². The molecule has 2 aromatic carbocycles. The molecule has 39 heavy (non-hydrogen) atoms. The molecule has 1 amide bonds. The fraction of sp³-hybridized carbons (Fsp3) is 0.562. The topological polar surface area (TPSA) is 74.3 Å². The molecule has 1 aliphatic heterocycles. The van der Waals surface area contributed by atoms with Gasteiger partial charge < -0.3 is 23.8 Å². The quantitative estimate of drug-likeness (QED) is 0.297. The van der Waals surface area contributed by atoms with Crippen LogP contribution < -0.4 is 4.74 Å². The van der Waals surface area contributed by atoms with Crippen LogP contribution in [0.1, 0.15) is 80.9 Å². The van der Waals surface area contributed by atoms with Crippen molar-refractivity contribution in [1.82, 2.24) is 4.90 Å². The third kappa shape index (κ3) is 5.45.